The molecule has 40 heavy (non-hydrogen) atoms. The number of methoxy groups -OCH3 is 1. The fourth-order valence-electron chi connectivity index (χ4n) is 5.37. The highest BCUT2D eigenvalue weighted by molar-refractivity contribution is 5.88. The molecule has 0 saturated carbocycles. The number of aromatic nitrogens is 2. The number of ether oxygens (including phenoxy) is 3. The minimum atomic E-state index is -0.529. The van der Waals surface area contributed by atoms with Crippen LogP contribution in [0.15, 0.2) is 18.2 Å². The van der Waals surface area contributed by atoms with Crippen molar-refractivity contribution in [1.29, 1.82) is 5.41 Å². The maximum absolute atomic E-state index is 12.7. The van der Waals surface area contributed by atoms with Gasteiger partial charge in [0.05, 0.1) is 26.4 Å². The number of carbonyl (C=O) groups excluding carboxylic acids is 1. The summed E-state index contributed by atoms with van der Waals surface area (Å²) in [5.41, 5.74) is 3.27. The SMILES string of the molecule is COc1nc(Nc2cc(C3CCN(C(=O)OC(C)(C)C)C(C)C3)c(C)cc2C=N)cc(N2CCOC(CO)C2)n1. The predicted molar refractivity (Wildman–Crippen MR) is 154 cm³/mol. The van der Waals surface area contributed by atoms with Gasteiger partial charge in [0.2, 0.25) is 0 Å². The van der Waals surface area contributed by atoms with Crippen molar-refractivity contribution in [2.45, 2.75) is 71.1 Å². The van der Waals surface area contributed by atoms with E-state index in [1.165, 1.54) is 18.9 Å². The number of benzene rings is 1. The van der Waals surface area contributed by atoms with Gasteiger partial charge in [0.15, 0.2) is 0 Å². The Morgan fingerprint density at radius 1 is 1.27 bits per heavy atom. The molecule has 2 fully saturated rings. The molecule has 0 aliphatic carbocycles. The van der Waals surface area contributed by atoms with E-state index in [-0.39, 0.29) is 36.8 Å². The molecule has 4 rings (SSSR count). The lowest BCUT2D eigenvalue weighted by atomic mass is 9.83. The molecule has 3 atom stereocenters. The lowest BCUT2D eigenvalue weighted by Gasteiger charge is -2.39. The van der Waals surface area contributed by atoms with E-state index in [1.807, 2.05) is 42.7 Å². The summed E-state index contributed by atoms with van der Waals surface area (Å²) in [5.74, 6) is 1.47. The summed E-state index contributed by atoms with van der Waals surface area (Å²) in [5, 5.41) is 21.0. The van der Waals surface area contributed by atoms with Crippen LogP contribution in [0.2, 0.25) is 0 Å². The van der Waals surface area contributed by atoms with E-state index in [4.69, 9.17) is 19.6 Å². The van der Waals surface area contributed by atoms with Crippen LogP contribution in [0.4, 0.5) is 22.1 Å². The number of aliphatic hydroxyl groups is 1. The molecule has 3 heterocycles. The summed E-state index contributed by atoms with van der Waals surface area (Å²) in [6.07, 6.45) is 2.43. The molecule has 0 spiro atoms. The number of morpholine rings is 1. The first kappa shape index (κ1) is 29.5. The third kappa shape index (κ3) is 7.00. The lowest BCUT2D eigenvalue weighted by Crippen LogP contribution is -2.46. The number of nitrogens with one attached hydrogen (secondary N) is 2. The number of aryl methyl sites for hydroxylation is 1. The topological polar surface area (TPSA) is 133 Å². The fourth-order valence-corrected chi connectivity index (χ4v) is 5.37. The Bertz CT molecular complexity index is 1220. The summed E-state index contributed by atoms with van der Waals surface area (Å²) in [6, 6.07) is 6.22. The molecular weight excluding hydrogens is 512 g/mol. The van der Waals surface area contributed by atoms with Crippen molar-refractivity contribution >= 4 is 29.6 Å². The predicted octanol–water partition coefficient (Wildman–Crippen LogP) is 4.24. The van der Waals surface area contributed by atoms with Crippen molar-refractivity contribution < 1.29 is 24.1 Å². The van der Waals surface area contributed by atoms with Gasteiger partial charge < -0.3 is 39.8 Å². The van der Waals surface area contributed by atoms with Crippen molar-refractivity contribution in [2.75, 3.05) is 50.2 Å². The smallest absolute Gasteiger partial charge is 0.410 e. The largest absolute Gasteiger partial charge is 0.467 e. The minimum absolute atomic E-state index is 0.0387. The molecule has 0 bridgehead atoms. The zero-order valence-corrected chi connectivity index (χ0v) is 24.4. The van der Waals surface area contributed by atoms with Crippen molar-refractivity contribution in [1.82, 2.24) is 14.9 Å². The molecule has 1 amide bonds. The number of nitrogens with zero attached hydrogens (tertiary/aromatic N) is 4. The Morgan fingerprint density at radius 3 is 2.70 bits per heavy atom. The molecule has 11 nitrogen and oxygen atoms in total. The Hall–Kier alpha value is -3.44. The van der Waals surface area contributed by atoms with Gasteiger partial charge in [0.1, 0.15) is 17.2 Å². The van der Waals surface area contributed by atoms with Crippen LogP contribution in [-0.4, -0.2) is 90.0 Å². The summed E-state index contributed by atoms with van der Waals surface area (Å²) in [7, 11) is 1.52. The second-order valence-corrected chi connectivity index (χ2v) is 11.5. The van der Waals surface area contributed by atoms with Gasteiger partial charge in [-0.05, 0) is 76.6 Å². The van der Waals surface area contributed by atoms with Gasteiger partial charge in [-0.2, -0.15) is 9.97 Å². The first-order chi connectivity index (χ1) is 19.0. The highest BCUT2D eigenvalue weighted by Crippen LogP contribution is 2.37. The van der Waals surface area contributed by atoms with Crippen molar-refractivity contribution in [3.05, 3.63) is 34.9 Å². The lowest BCUT2D eigenvalue weighted by molar-refractivity contribution is 0.00333. The summed E-state index contributed by atoms with van der Waals surface area (Å²) in [4.78, 5) is 25.6. The molecule has 218 valence electrons. The molecular formula is C29H42N6O5. The number of rotatable bonds is 7. The van der Waals surface area contributed by atoms with Gasteiger partial charge in [0, 0.05) is 49.2 Å². The average Bonchev–Trinajstić information content (AvgIpc) is 2.92. The molecule has 2 saturated heterocycles. The van der Waals surface area contributed by atoms with E-state index in [9.17, 15) is 9.90 Å². The van der Waals surface area contributed by atoms with Crippen LogP contribution in [0.25, 0.3) is 0 Å². The van der Waals surface area contributed by atoms with Gasteiger partial charge in [-0.15, -0.1) is 0 Å². The number of carbonyl (C=O) groups is 1. The zero-order chi connectivity index (χ0) is 29.0. The maximum atomic E-state index is 12.7. The monoisotopic (exact) mass is 554 g/mol. The van der Waals surface area contributed by atoms with Crippen LogP contribution < -0.4 is 15.0 Å². The maximum Gasteiger partial charge on any atom is 0.410 e. The Kier molecular flexibility index (Phi) is 9.15. The first-order valence-electron chi connectivity index (χ1n) is 13.8. The Labute approximate surface area is 236 Å². The Balaban J connectivity index is 1.57. The van der Waals surface area contributed by atoms with E-state index in [1.54, 1.807) is 0 Å². The highest BCUT2D eigenvalue weighted by Gasteiger charge is 2.33. The molecule has 11 heteroatoms. The van der Waals surface area contributed by atoms with Crippen LogP contribution in [0, 0.1) is 12.3 Å². The van der Waals surface area contributed by atoms with Crippen LogP contribution in [0.1, 0.15) is 63.1 Å². The second kappa shape index (κ2) is 12.4. The summed E-state index contributed by atoms with van der Waals surface area (Å²) < 4.78 is 16.6. The first-order valence-corrected chi connectivity index (χ1v) is 13.8. The van der Waals surface area contributed by atoms with Crippen LogP contribution in [0.5, 0.6) is 6.01 Å². The minimum Gasteiger partial charge on any atom is -0.467 e. The molecule has 2 aliphatic heterocycles. The van der Waals surface area contributed by atoms with Crippen LogP contribution >= 0.6 is 0 Å². The van der Waals surface area contributed by atoms with Crippen LogP contribution in [-0.2, 0) is 9.47 Å². The zero-order valence-electron chi connectivity index (χ0n) is 24.4. The fraction of sp³-hybridized carbons (Fsp3) is 0.586. The van der Waals surface area contributed by atoms with Crippen molar-refractivity contribution in [3.8, 4) is 6.01 Å². The van der Waals surface area contributed by atoms with Crippen molar-refractivity contribution in [2.24, 2.45) is 0 Å². The van der Waals surface area contributed by atoms with E-state index >= 15 is 0 Å². The van der Waals surface area contributed by atoms with E-state index in [0.29, 0.717) is 37.9 Å². The van der Waals surface area contributed by atoms with Gasteiger partial charge in [0.25, 0.3) is 0 Å². The molecule has 2 aromatic rings. The van der Waals surface area contributed by atoms with Gasteiger partial charge in [-0.3, -0.25) is 0 Å². The number of hydrogen-bond acceptors (Lipinski definition) is 10. The summed E-state index contributed by atoms with van der Waals surface area (Å²) in [6.45, 7) is 12.0. The molecule has 3 N–H and O–H groups in total. The highest BCUT2D eigenvalue weighted by atomic mass is 16.6. The van der Waals surface area contributed by atoms with E-state index in [0.717, 1.165) is 29.7 Å². The number of piperidine rings is 1. The quantitative estimate of drug-likeness (QED) is 0.430. The number of likely N-dealkylation sites (tertiary alicyclic amines) is 1. The average molecular weight is 555 g/mol. The van der Waals surface area contributed by atoms with Gasteiger partial charge in [-0.25, -0.2) is 4.79 Å². The third-order valence-corrected chi connectivity index (χ3v) is 7.34. The molecule has 3 unspecified atom stereocenters. The van der Waals surface area contributed by atoms with Crippen molar-refractivity contribution in [3.63, 3.8) is 0 Å². The number of aliphatic hydroxyl groups excluding tert-OH is 1. The van der Waals surface area contributed by atoms with Gasteiger partial charge in [-0.1, -0.05) is 0 Å². The normalized spacial score (nSPS) is 21.6. The number of anilines is 3. The van der Waals surface area contributed by atoms with E-state index in [2.05, 4.69) is 35.2 Å². The second-order valence-electron chi connectivity index (χ2n) is 11.5. The molecule has 0 radical (unpaired) electrons. The van der Waals surface area contributed by atoms with Gasteiger partial charge >= 0.3 is 12.1 Å². The third-order valence-electron chi connectivity index (χ3n) is 7.34. The molecule has 2 aliphatic rings. The molecule has 1 aromatic heterocycles. The summed E-state index contributed by atoms with van der Waals surface area (Å²) >= 11 is 0. The van der Waals surface area contributed by atoms with E-state index < -0.39 is 5.60 Å². The molecule has 1 aromatic carbocycles. The number of amides is 1. The van der Waals surface area contributed by atoms with Crippen LogP contribution in [0.3, 0.4) is 0 Å². The standard InChI is InChI=1S/C29H42N6O5/c1-18-11-21(15-30)24(13-23(18)20-7-8-35(19(2)12-20)28(37)40-29(3,4)5)31-25-14-26(33-27(32-25)38-6)34-9-10-39-22(16-34)17-36/h11,13-15,19-20,22,30,36H,7-10,12,16-17H2,1-6H3,(H,31,32,33). The number of hydrogen-bond donors (Lipinski definition) is 3. The Morgan fingerprint density at radius 2 is 2.05 bits per heavy atom.